The van der Waals surface area contributed by atoms with Crippen LogP contribution in [-0.2, 0) is 6.42 Å². The maximum Gasteiger partial charge on any atom is 0.126 e. The first-order chi connectivity index (χ1) is 10.1. The Morgan fingerprint density at radius 2 is 2.14 bits per heavy atom. The fourth-order valence-electron chi connectivity index (χ4n) is 2.37. The lowest BCUT2D eigenvalue weighted by Gasteiger charge is -2.21. The van der Waals surface area contributed by atoms with Gasteiger partial charge in [0.15, 0.2) is 0 Å². The number of aromatic nitrogens is 1. The summed E-state index contributed by atoms with van der Waals surface area (Å²) in [4.78, 5) is 4.21. The van der Waals surface area contributed by atoms with Crippen molar-refractivity contribution in [3.63, 3.8) is 0 Å². The number of rotatable bonds is 6. The van der Waals surface area contributed by atoms with Gasteiger partial charge in [0.1, 0.15) is 5.82 Å². The molecule has 1 unspecified atom stereocenters. The van der Waals surface area contributed by atoms with E-state index in [4.69, 9.17) is 0 Å². The van der Waals surface area contributed by atoms with Crippen LogP contribution in [0.4, 0.5) is 4.39 Å². The second kappa shape index (κ2) is 7.66. The third-order valence-corrected chi connectivity index (χ3v) is 4.02. The highest BCUT2D eigenvalue weighted by Gasteiger charge is 2.16. The van der Waals surface area contributed by atoms with Gasteiger partial charge in [0, 0.05) is 22.9 Å². The van der Waals surface area contributed by atoms with Crippen molar-refractivity contribution in [1.82, 2.24) is 10.3 Å². The molecule has 0 saturated carbocycles. The molecule has 0 aliphatic rings. The van der Waals surface area contributed by atoms with E-state index in [9.17, 15) is 4.39 Å². The van der Waals surface area contributed by atoms with Crippen LogP contribution in [0.15, 0.2) is 41.1 Å². The standard InChI is InChI=1S/C17H20BrFN2/c1-3-7-21-17(15-11-20-8-6-12(15)2)10-13-9-14(18)4-5-16(13)19/h4-6,8-9,11,17,21H,3,7,10H2,1-2H3. The zero-order chi connectivity index (χ0) is 15.2. The molecule has 1 N–H and O–H groups in total. The molecule has 1 aromatic carbocycles. The van der Waals surface area contributed by atoms with Crippen molar-refractivity contribution >= 4 is 15.9 Å². The van der Waals surface area contributed by atoms with Gasteiger partial charge in [0.05, 0.1) is 0 Å². The molecule has 0 amide bonds. The van der Waals surface area contributed by atoms with E-state index >= 15 is 0 Å². The van der Waals surface area contributed by atoms with Gasteiger partial charge < -0.3 is 5.32 Å². The fraction of sp³-hybridized carbons (Fsp3) is 0.353. The number of benzene rings is 1. The smallest absolute Gasteiger partial charge is 0.126 e. The van der Waals surface area contributed by atoms with Crippen molar-refractivity contribution in [2.24, 2.45) is 0 Å². The van der Waals surface area contributed by atoms with Crippen LogP contribution in [-0.4, -0.2) is 11.5 Å². The Morgan fingerprint density at radius 1 is 1.33 bits per heavy atom. The molecule has 0 bridgehead atoms. The van der Waals surface area contributed by atoms with Crippen LogP contribution in [0.25, 0.3) is 0 Å². The van der Waals surface area contributed by atoms with E-state index < -0.39 is 0 Å². The minimum Gasteiger partial charge on any atom is -0.310 e. The van der Waals surface area contributed by atoms with Gasteiger partial charge >= 0.3 is 0 Å². The second-order valence-corrected chi connectivity index (χ2v) is 6.09. The number of nitrogens with one attached hydrogen (secondary N) is 1. The average Bonchev–Trinajstić information content (AvgIpc) is 2.48. The zero-order valence-electron chi connectivity index (χ0n) is 12.4. The lowest BCUT2D eigenvalue weighted by atomic mass is 9.96. The van der Waals surface area contributed by atoms with E-state index in [1.165, 1.54) is 11.6 Å². The molecule has 1 heterocycles. The number of aryl methyl sites for hydroxylation is 1. The van der Waals surface area contributed by atoms with Crippen LogP contribution in [0.1, 0.15) is 36.1 Å². The summed E-state index contributed by atoms with van der Waals surface area (Å²) < 4.78 is 14.9. The normalized spacial score (nSPS) is 12.4. The van der Waals surface area contributed by atoms with Gasteiger partial charge in [-0.1, -0.05) is 22.9 Å². The summed E-state index contributed by atoms with van der Waals surface area (Å²) in [7, 11) is 0. The van der Waals surface area contributed by atoms with Crippen molar-refractivity contribution in [1.29, 1.82) is 0 Å². The first-order valence-electron chi connectivity index (χ1n) is 7.19. The molecule has 4 heteroatoms. The SMILES string of the molecule is CCCNC(Cc1cc(Br)ccc1F)c1cnccc1C. The van der Waals surface area contributed by atoms with Crippen LogP contribution in [0.5, 0.6) is 0 Å². The monoisotopic (exact) mass is 350 g/mol. The van der Waals surface area contributed by atoms with Crippen LogP contribution in [0.3, 0.4) is 0 Å². The highest BCUT2D eigenvalue weighted by atomic mass is 79.9. The topological polar surface area (TPSA) is 24.9 Å². The summed E-state index contributed by atoms with van der Waals surface area (Å²) in [6.45, 7) is 5.09. The summed E-state index contributed by atoms with van der Waals surface area (Å²) in [6, 6.07) is 7.15. The molecule has 2 nitrogen and oxygen atoms in total. The van der Waals surface area contributed by atoms with Crippen LogP contribution in [0.2, 0.25) is 0 Å². The third-order valence-electron chi connectivity index (χ3n) is 3.53. The third kappa shape index (κ3) is 4.35. The molecular formula is C17H20BrFN2. The summed E-state index contributed by atoms with van der Waals surface area (Å²) in [5.41, 5.74) is 3.01. The van der Waals surface area contributed by atoms with Gasteiger partial charge in [-0.3, -0.25) is 4.98 Å². The zero-order valence-corrected chi connectivity index (χ0v) is 14.0. The van der Waals surface area contributed by atoms with Gasteiger partial charge in [-0.2, -0.15) is 0 Å². The summed E-state index contributed by atoms with van der Waals surface area (Å²) >= 11 is 3.41. The van der Waals surface area contributed by atoms with E-state index in [0.29, 0.717) is 12.0 Å². The first kappa shape index (κ1) is 16.1. The van der Waals surface area contributed by atoms with Gasteiger partial charge in [-0.05, 0) is 67.3 Å². The molecule has 0 radical (unpaired) electrons. The van der Waals surface area contributed by atoms with E-state index in [0.717, 1.165) is 23.0 Å². The number of hydrogen-bond acceptors (Lipinski definition) is 2. The molecule has 2 aromatic rings. The minimum atomic E-state index is -0.164. The maximum absolute atomic E-state index is 14.0. The quantitative estimate of drug-likeness (QED) is 0.824. The minimum absolute atomic E-state index is 0.0717. The van der Waals surface area contributed by atoms with Crippen molar-refractivity contribution in [2.45, 2.75) is 32.7 Å². The van der Waals surface area contributed by atoms with Crippen molar-refractivity contribution in [3.05, 3.63) is 63.6 Å². The Balaban J connectivity index is 2.28. The molecule has 2 rings (SSSR count). The molecule has 1 atom stereocenters. The number of pyridine rings is 1. The Hall–Kier alpha value is -1.26. The van der Waals surface area contributed by atoms with Crippen LogP contribution < -0.4 is 5.32 Å². The fourth-order valence-corrected chi connectivity index (χ4v) is 2.78. The first-order valence-corrected chi connectivity index (χ1v) is 7.99. The van der Waals surface area contributed by atoms with E-state index in [-0.39, 0.29) is 11.9 Å². The highest BCUT2D eigenvalue weighted by molar-refractivity contribution is 9.10. The molecule has 0 spiro atoms. The molecule has 0 fully saturated rings. The van der Waals surface area contributed by atoms with Gasteiger partial charge in [-0.25, -0.2) is 4.39 Å². The molecule has 21 heavy (non-hydrogen) atoms. The molecule has 112 valence electrons. The summed E-state index contributed by atoms with van der Waals surface area (Å²) in [5.74, 6) is -0.164. The summed E-state index contributed by atoms with van der Waals surface area (Å²) in [6.07, 6.45) is 5.31. The molecule has 0 saturated heterocycles. The number of nitrogens with zero attached hydrogens (tertiary/aromatic N) is 1. The number of halogens is 2. The Bertz CT molecular complexity index is 601. The lowest BCUT2D eigenvalue weighted by Crippen LogP contribution is -2.25. The molecule has 1 aromatic heterocycles. The molecule has 0 aliphatic carbocycles. The average molecular weight is 351 g/mol. The van der Waals surface area contributed by atoms with E-state index in [1.54, 1.807) is 12.3 Å². The maximum atomic E-state index is 14.0. The molecular weight excluding hydrogens is 331 g/mol. The van der Waals surface area contributed by atoms with Crippen molar-refractivity contribution < 1.29 is 4.39 Å². The van der Waals surface area contributed by atoms with Crippen molar-refractivity contribution in [2.75, 3.05) is 6.54 Å². The Morgan fingerprint density at radius 3 is 2.86 bits per heavy atom. The van der Waals surface area contributed by atoms with Gasteiger partial charge in [0.2, 0.25) is 0 Å². The number of hydrogen-bond donors (Lipinski definition) is 1. The largest absolute Gasteiger partial charge is 0.310 e. The molecule has 0 aliphatic heterocycles. The predicted octanol–water partition coefficient (Wildman–Crippen LogP) is 4.58. The Labute approximate surface area is 133 Å². The van der Waals surface area contributed by atoms with Gasteiger partial charge in [0.25, 0.3) is 0 Å². The predicted molar refractivity (Wildman–Crippen MR) is 87.8 cm³/mol. The second-order valence-electron chi connectivity index (χ2n) is 5.18. The van der Waals surface area contributed by atoms with Crippen LogP contribution >= 0.6 is 15.9 Å². The highest BCUT2D eigenvalue weighted by Crippen LogP contribution is 2.24. The lowest BCUT2D eigenvalue weighted by molar-refractivity contribution is 0.510. The summed E-state index contributed by atoms with van der Waals surface area (Å²) in [5, 5.41) is 3.50. The van der Waals surface area contributed by atoms with Crippen LogP contribution in [0, 0.1) is 12.7 Å². The van der Waals surface area contributed by atoms with Gasteiger partial charge in [-0.15, -0.1) is 0 Å². The Kier molecular flexibility index (Phi) is 5.88. The van der Waals surface area contributed by atoms with E-state index in [1.807, 2.05) is 18.3 Å². The van der Waals surface area contributed by atoms with E-state index in [2.05, 4.69) is 40.1 Å². The van der Waals surface area contributed by atoms with Crippen molar-refractivity contribution in [3.8, 4) is 0 Å².